The molecule has 0 fully saturated rings. The number of halogens is 1. The Labute approximate surface area is 118 Å². The monoisotopic (exact) mass is 318 g/mol. The fraction of sp³-hybridized carbons (Fsp3) is 0.0667. The van der Waals surface area contributed by atoms with Gasteiger partial charge in [0.15, 0.2) is 0 Å². The van der Waals surface area contributed by atoms with Crippen molar-refractivity contribution in [1.82, 2.24) is 0 Å². The third kappa shape index (κ3) is 2.42. The maximum Gasteiger partial charge on any atom is 0.120 e. The van der Waals surface area contributed by atoms with Crippen molar-refractivity contribution in [3.8, 4) is 5.75 Å². The Bertz CT molecular complexity index is 675. The summed E-state index contributed by atoms with van der Waals surface area (Å²) in [6.45, 7) is 0.612. The molecule has 0 atom stereocenters. The molecule has 90 valence electrons. The highest BCUT2D eigenvalue weighted by Gasteiger charge is 2.04. The van der Waals surface area contributed by atoms with E-state index in [0.29, 0.717) is 6.61 Å². The summed E-state index contributed by atoms with van der Waals surface area (Å²) in [7, 11) is 0. The molecule has 3 heteroatoms. The van der Waals surface area contributed by atoms with Crippen LogP contribution in [0.4, 0.5) is 0 Å². The van der Waals surface area contributed by atoms with Crippen LogP contribution in [0.3, 0.4) is 0 Å². The van der Waals surface area contributed by atoms with Gasteiger partial charge in [-0.3, -0.25) is 0 Å². The van der Waals surface area contributed by atoms with E-state index in [9.17, 15) is 0 Å². The van der Waals surface area contributed by atoms with Gasteiger partial charge in [0, 0.05) is 14.7 Å². The van der Waals surface area contributed by atoms with Crippen molar-refractivity contribution in [2.45, 2.75) is 6.61 Å². The van der Waals surface area contributed by atoms with Crippen molar-refractivity contribution >= 4 is 37.4 Å². The second kappa shape index (κ2) is 5.12. The first-order chi connectivity index (χ1) is 8.83. The zero-order valence-corrected chi connectivity index (χ0v) is 12.0. The minimum atomic E-state index is 0.612. The van der Waals surface area contributed by atoms with Gasteiger partial charge in [0.25, 0.3) is 0 Å². The summed E-state index contributed by atoms with van der Waals surface area (Å²) in [5.74, 6) is 0.889. The zero-order valence-electron chi connectivity index (χ0n) is 9.60. The van der Waals surface area contributed by atoms with Gasteiger partial charge in [-0.05, 0) is 35.0 Å². The van der Waals surface area contributed by atoms with E-state index in [2.05, 4.69) is 45.6 Å². The Kier molecular flexibility index (Phi) is 3.35. The van der Waals surface area contributed by atoms with Gasteiger partial charge in [0.1, 0.15) is 12.4 Å². The second-order valence-corrected chi connectivity index (χ2v) is 5.83. The van der Waals surface area contributed by atoms with Crippen molar-refractivity contribution in [1.29, 1.82) is 0 Å². The Balaban J connectivity index is 1.81. The molecule has 0 amide bonds. The second-order valence-electron chi connectivity index (χ2n) is 4.00. The molecule has 0 aliphatic rings. The van der Waals surface area contributed by atoms with Crippen LogP contribution in [0.1, 0.15) is 5.56 Å². The third-order valence-electron chi connectivity index (χ3n) is 2.75. The highest BCUT2D eigenvalue weighted by atomic mass is 79.9. The van der Waals surface area contributed by atoms with Crippen LogP contribution in [-0.4, -0.2) is 0 Å². The van der Waals surface area contributed by atoms with Crippen LogP contribution in [0, 0.1) is 0 Å². The normalized spacial score (nSPS) is 10.7. The number of benzene rings is 2. The average Bonchev–Trinajstić information content (AvgIpc) is 2.80. The molecule has 0 aliphatic carbocycles. The SMILES string of the molecule is Brc1cccc(OCc2csc3ccccc23)c1. The number of fused-ring (bicyclic) bond motifs is 1. The zero-order chi connectivity index (χ0) is 12.4. The number of hydrogen-bond acceptors (Lipinski definition) is 2. The Morgan fingerprint density at radius 2 is 1.94 bits per heavy atom. The minimum Gasteiger partial charge on any atom is -0.489 e. The maximum absolute atomic E-state index is 5.82. The summed E-state index contributed by atoms with van der Waals surface area (Å²) in [5.41, 5.74) is 1.25. The first-order valence-electron chi connectivity index (χ1n) is 5.66. The summed E-state index contributed by atoms with van der Waals surface area (Å²) in [5, 5.41) is 3.46. The van der Waals surface area contributed by atoms with E-state index in [4.69, 9.17) is 4.74 Å². The number of rotatable bonds is 3. The minimum absolute atomic E-state index is 0.612. The van der Waals surface area contributed by atoms with Gasteiger partial charge >= 0.3 is 0 Å². The van der Waals surface area contributed by atoms with E-state index in [0.717, 1.165) is 10.2 Å². The molecule has 0 spiro atoms. The number of hydrogen-bond donors (Lipinski definition) is 0. The van der Waals surface area contributed by atoms with E-state index in [1.165, 1.54) is 15.6 Å². The Morgan fingerprint density at radius 1 is 1.06 bits per heavy atom. The van der Waals surface area contributed by atoms with E-state index in [1.54, 1.807) is 11.3 Å². The summed E-state index contributed by atoms with van der Waals surface area (Å²) >= 11 is 5.21. The molecule has 1 heterocycles. The average molecular weight is 319 g/mol. The molecule has 18 heavy (non-hydrogen) atoms. The molecule has 0 saturated heterocycles. The van der Waals surface area contributed by atoms with Crippen LogP contribution >= 0.6 is 27.3 Å². The van der Waals surface area contributed by atoms with Gasteiger partial charge in [-0.25, -0.2) is 0 Å². The quantitative estimate of drug-likeness (QED) is 0.641. The molecule has 3 rings (SSSR count). The molecule has 1 aromatic heterocycles. The summed E-state index contributed by atoms with van der Waals surface area (Å²) < 4.78 is 8.16. The molecule has 0 bridgehead atoms. The molecular weight excluding hydrogens is 308 g/mol. The molecule has 1 nitrogen and oxygen atoms in total. The number of ether oxygens (including phenoxy) is 1. The molecule has 0 unspecified atom stereocenters. The predicted molar refractivity (Wildman–Crippen MR) is 80.3 cm³/mol. The first-order valence-corrected chi connectivity index (χ1v) is 7.34. The van der Waals surface area contributed by atoms with Crippen molar-refractivity contribution in [2.75, 3.05) is 0 Å². The maximum atomic E-state index is 5.82. The van der Waals surface area contributed by atoms with E-state index in [-0.39, 0.29) is 0 Å². The molecule has 2 aromatic carbocycles. The van der Waals surface area contributed by atoms with Crippen molar-refractivity contribution < 1.29 is 4.74 Å². The first kappa shape index (κ1) is 11.8. The number of thiophene rings is 1. The van der Waals surface area contributed by atoms with Gasteiger partial charge in [-0.1, -0.05) is 40.2 Å². The highest BCUT2D eigenvalue weighted by molar-refractivity contribution is 9.10. The van der Waals surface area contributed by atoms with Crippen LogP contribution in [0.25, 0.3) is 10.1 Å². The van der Waals surface area contributed by atoms with Crippen LogP contribution in [-0.2, 0) is 6.61 Å². The summed E-state index contributed by atoms with van der Waals surface area (Å²) in [6, 6.07) is 16.3. The molecule has 0 radical (unpaired) electrons. The fourth-order valence-corrected chi connectivity index (χ4v) is 3.19. The van der Waals surface area contributed by atoms with Gasteiger partial charge in [0.2, 0.25) is 0 Å². The lowest BCUT2D eigenvalue weighted by atomic mass is 10.2. The van der Waals surface area contributed by atoms with Crippen LogP contribution < -0.4 is 4.74 Å². The fourth-order valence-electron chi connectivity index (χ4n) is 1.86. The third-order valence-corrected chi connectivity index (χ3v) is 4.26. The molecular formula is C15H11BrOS. The lowest BCUT2D eigenvalue weighted by Crippen LogP contribution is -1.93. The highest BCUT2D eigenvalue weighted by Crippen LogP contribution is 2.27. The summed E-state index contributed by atoms with van der Waals surface area (Å²) in [6.07, 6.45) is 0. The predicted octanol–water partition coefficient (Wildman–Crippen LogP) is 5.24. The van der Waals surface area contributed by atoms with Gasteiger partial charge in [-0.15, -0.1) is 11.3 Å². The standard InChI is InChI=1S/C15H11BrOS/c16-12-4-3-5-13(8-12)17-9-11-10-18-15-7-2-1-6-14(11)15/h1-8,10H,9H2. The van der Waals surface area contributed by atoms with Crippen LogP contribution in [0.15, 0.2) is 58.4 Å². The molecule has 0 N–H and O–H groups in total. The lowest BCUT2D eigenvalue weighted by Gasteiger charge is -2.05. The molecule has 3 aromatic rings. The topological polar surface area (TPSA) is 9.23 Å². The van der Waals surface area contributed by atoms with E-state index < -0.39 is 0 Å². The molecule has 0 saturated carbocycles. The van der Waals surface area contributed by atoms with Gasteiger partial charge < -0.3 is 4.74 Å². The van der Waals surface area contributed by atoms with Crippen LogP contribution in [0.5, 0.6) is 5.75 Å². The molecule has 0 aliphatic heterocycles. The Hall–Kier alpha value is -1.32. The van der Waals surface area contributed by atoms with Gasteiger partial charge in [-0.2, -0.15) is 0 Å². The Morgan fingerprint density at radius 3 is 2.83 bits per heavy atom. The van der Waals surface area contributed by atoms with E-state index in [1.807, 2.05) is 24.3 Å². The van der Waals surface area contributed by atoms with Crippen molar-refractivity contribution in [3.63, 3.8) is 0 Å². The summed E-state index contributed by atoms with van der Waals surface area (Å²) in [4.78, 5) is 0. The van der Waals surface area contributed by atoms with E-state index >= 15 is 0 Å². The lowest BCUT2D eigenvalue weighted by molar-refractivity contribution is 0.308. The largest absolute Gasteiger partial charge is 0.489 e. The smallest absolute Gasteiger partial charge is 0.120 e. The van der Waals surface area contributed by atoms with Crippen LogP contribution in [0.2, 0.25) is 0 Å². The van der Waals surface area contributed by atoms with Crippen molar-refractivity contribution in [2.24, 2.45) is 0 Å². The van der Waals surface area contributed by atoms with Crippen molar-refractivity contribution in [3.05, 3.63) is 63.9 Å². The van der Waals surface area contributed by atoms with Gasteiger partial charge in [0.05, 0.1) is 0 Å².